The van der Waals surface area contributed by atoms with E-state index in [1.165, 1.54) is 12.8 Å². The van der Waals surface area contributed by atoms with Gasteiger partial charge in [0.1, 0.15) is 10.5 Å². The first-order valence-electron chi connectivity index (χ1n) is 5.13. The van der Waals surface area contributed by atoms with Gasteiger partial charge >= 0.3 is 0 Å². The van der Waals surface area contributed by atoms with Gasteiger partial charge in [-0.1, -0.05) is 12.2 Å². The number of hydrogen-bond acceptors (Lipinski definition) is 3. The molecule has 2 aromatic rings. The van der Waals surface area contributed by atoms with Gasteiger partial charge in [-0.15, -0.1) is 0 Å². The third kappa shape index (κ3) is 1.87. The fourth-order valence-corrected chi connectivity index (χ4v) is 1.73. The smallest absolute Gasteiger partial charge is 0.153 e. The summed E-state index contributed by atoms with van der Waals surface area (Å²) in [4.78, 5) is 4.43. The molecule has 1 aliphatic rings. The number of H-pyrrole nitrogens is 1. The molecule has 15 heavy (non-hydrogen) atoms. The zero-order valence-electron chi connectivity index (χ0n) is 8.23. The van der Waals surface area contributed by atoms with E-state index in [2.05, 4.69) is 15.4 Å². The van der Waals surface area contributed by atoms with Gasteiger partial charge in [-0.3, -0.25) is 5.10 Å². The highest BCUT2D eigenvalue weighted by atomic mass is 32.1. The predicted octanol–water partition coefficient (Wildman–Crippen LogP) is 2.21. The van der Waals surface area contributed by atoms with E-state index in [1.54, 1.807) is 0 Å². The topological polar surface area (TPSA) is 45.1 Å². The van der Waals surface area contributed by atoms with E-state index in [0.29, 0.717) is 4.64 Å². The zero-order chi connectivity index (χ0) is 10.3. The average molecular weight is 220 g/mol. The molecule has 0 aromatic carbocycles. The second-order valence-electron chi connectivity index (χ2n) is 3.99. The van der Waals surface area contributed by atoms with Crippen LogP contribution in [0.3, 0.4) is 0 Å². The summed E-state index contributed by atoms with van der Waals surface area (Å²) < 4.78 is 2.56. The number of aromatic amines is 1. The first-order valence-corrected chi connectivity index (χ1v) is 5.54. The molecule has 0 aliphatic heterocycles. The lowest BCUT2D eigenvalue weighted by Crippen LogP contribution is -2.02. The summed E-state index contributed by atoms with van der Waals surface area (Å²) in [7, 11) is 0. The van der Waals surface area contributed by atoms with Crippen LogP contribution in [0.1, 0.15) is 12.8 Å². The van der Waals surface area contributed by atoms with Crippen LogP contribution in [0.25, 0.3) is 5.65 Å². The molecule has 0 radical (unpaired) electrons. The molecule has 78 valence electrons. The van der Waals surface area contributed by atoms with E-state index in [1.807, 2.05) is 22.8 Å². The maximum Gasteiger partial charge on any atom is 0.153 e. The molecule has 5 heteroatoms. The second kappa shape index (κ2) is 3.34. The minimum atomic E-state index is 0.716. The molecule has 0 saturated heterocycles. The molecule has 0 atom stereocenters. The summed E-state index contributed by atoms with van der Waals surface area (Å²) in [5, 5.41) is 6.37. The van der Waals surface area contributed by atoms with Crippen molar-refractivity contribution in [3.05, 3.63) is 23.0 Å². The van der Waals surface area contributed by atoms with Crippen molar-refractivity contribution < 1.29 is 0 Å². The summed E-state index contributed by atoms with van der Waals surface area (Å²) in [5.41, 5.74) is 0.891. The van der Waals surface area contributed by atoms with Crippen LogP contribution in [0.4, 0.5) is 5.82 Å². The number of nitrogens with one attached hydrogen (secondary N) is 2. The van der Waals surface area contributed by atoms with Crippen molar-refractivity contribution >= 4 is 23.7 Å². The molecule has 0 spiro atoms. The number of aromatic nitrogens is 3. The third-order valence-corrected chi connectivity index (χ3v) is 2.84. The van der Waals surface area contributed by atoms with Crippen molar-refractivity contribution in [1.82, 2.24) is 14.6 Å². The summed E-state index contributed by atoms with van der Waals surface area (Å²) in [6, 6.07) is 3.77. The first-order chi connectivity index (χ1) is 7.31. The predicted molar refractivity (Wildman–Crippen MR) is 61.6 cm³/mol. The maximum atomic E-state index is 5.04. The van der Waals surface area contributed by atoms with Gasteiger partial charge in [0.15, 0.2) is 5.65 Å². The Morgan fingerprint density at radius 2 is 2.40 bits per heavy atom. The van der Waals surface area contributed by atoms with Crippen molar-refractivity contribution in [2.45, 2.75) is 12.8 Å². The zero-order valence-corrected chi connectivity index (χ0v) is 9.05. The van der Waals surface area contributed by atoms with Crippen molar-refractivity contribution in [1.29, 1.82) is 0 Å². The van der Waals surface area contributed by atoms with E-state index in [0.717, 1.165) is 23.9 Å². The Morgan fingerprint density at radius 1 is 1.53 bits per heavy atom. The van der Waals surface area contributed by atoms with Crippen LogP contribution >= 0.6 is 12.2 Å². The van der Waals surface area contributed by atoms with Crippen molar-refractivity contribution in [3.63, 3.8) is 0 Å². The Labute approximate surface area is 92.3 Å². The highest BCUT2D eigenvalue weighted by molar-refractivity contribution is 7.71. The van der Waals surface area contributed by atoms with Crippen molar-refractivity contribution in [2.24, 2.45) is 5.92 Å². The van der Waals surface area contributed by atoms with Crippen LogP contribution in [0.5, 0.6) is 0 Å². The van der Waals surface area contributed by atoms with E-state index in [9.17, 15) is 0 Å². The summed E-state index contributed by atoms with van der Waals surface area (Å²) >= 11 is 5.04. The molecule has 1 aliphatic carbocycles. The minimum absolute atomic E-state index is 0.716. The van der Waals surface area contributed by atoms with Gasteiger partial charge in [0.25, 0.3) is 0 Å². The van der Waals surface area contributed by atoms with Crippen LogP contribution in [0, 0.1) is 10.6 Å². The molecule has 2 heterocycles. The molecule has 2 aromatic heterocycles. The number of fused-ring (bicyclic) bond motifs is 1. The van der Waals surface area contributed by atoms with Gasteiger partial charge in [-0.25, -0.2) is 9.50 Å². The maximum absolute atomic E-state index is 5.04. The summed E-state index contributed by atoms with van der Waals surface area (Å²) in [6.45, 7) is 1.03. The van der Waals surface area contributed by atoms with Crippen LogP contribution in [-0.2, 0) is 0 Å². The number of nitrogens with zero attached hydrogens (tertiary/aromatic N) is 2. The molecule has 1 saturated carbocycles. The standard InChI is InChI=1S/C10H12N4S/c15-10-4-3-9-12-8(6-14(9)13-10)11-5-7-1-2-7/h3-4,6-7,11H,1-2,5H2,(H,13,15). The van der Waals surface area contributed by atoms with E-state index < -0.39 is 0 Å². The lowest BCUT2D eigenvalue weighted by molar-refractivity contribution is 0.883. The summed E-state index contributed by atoms with van der Waals surface area (Å²) in [5.74, 6) is 1.77. The SMILES string of the molecule is S=c1ccc2nc(NCC3CC3)cn2[nH]1. The molecule has 0 bridgehead atoms. The Morgan fingerprint density at radius 3 is 3.20 bits per heavy atom. The number of anilines is 1. The van der Waals surface area contributed by atoms with Crippen LogP contribution in [0.15, 0.2) is 18.3 Å². The van der Waals surface area contributed by atoms with E-state index in [-0.39, 0.29) is 0 Å². The lowest BCUT2D eigenvalue weighted by Gasteiger charge is -1.97. The average Bonchev–Trinajstić information content (AvgIpc) is 2.95. The van der Waals surface area contributed by atoms with Crippen LogP contribution in [0.2, 0.25) is 0 Å². The van der Waals surface area contributed by atoms with Crippen LogP contribution < -0.4 is 5.32 Å². The van der Waals surface area contributed by atoms with Gasteiger partial charge in [0, 0.05) is 6.54 Å². The fraction of sp³-hybridized carbons (Fsp3) is 0.400. The van der Waals surface area contributed by atoms with Gasteiger partial charge in [0.2, 0.25) is 0 Å². The molecular weight excluding hydrogens is 208 g/mol. The number of imidazole rings is 1. The highest BCUT2D eigenvalue weighted by Gasteiger charge is 2.20. The molecule has 3 rings (SSSR count). The van der Waals surface area contributed by atoms with Crippen molar-refractivity contribution in [2.75, 3.05) is 11.9 Å². The molecule has 0 amide bonds. The number of hydrogen-bond donors (Lipinski definition) is 2. The van der Waals surface area contributed by atoms with Gasteiger partial charge in [-0.2, -0.15) is 0 Å². The van der Waals surface area contributed by atoms with E-state index in [4.69, 9.17) is 12.2 Å². The Kier molecular flexibility index (Phi) is 1.98. The monoisotopic (exact) mass is 220 g/mol. The third-order valence-electron chi connectivity index (χ3n) is 2.62. The fourth-order valence-electron chi connectivity index (χ4n) is 1.56. The largest absolute Gasteiger partial charge is 0.368 e. The summed E-state index contributed by atoms with van der Waals surface area (Å²) in [6.07, 6.45) is 4.64. The molecule has 1 fully saturated rings. The normalized spacial score (nSPS) is 15.7. The Bertz CT molecular complexity index is 538. The van der Waals surface area contributed by atoms with E-state index >= 15 is 0 Å². The minimum Gasteiger partial charge on any atom is -0.368 e. The number of rotatable bonds is 3. The highest BCUT2D eigenvalue weighted by Crippen LogP contribution is 2.28. The molecule has 4 nitrogen and oxygen atoms in total. The first kappa shape index (κ1) is 8.91. The van der Waals surface area contributed by atoms with Crippen LogP contribution in [-0.4, -0.2) is 21.1 Å². The molecule has 0 unspecified atom stereocenters. The Hall–Kier alpha value is -1.36. The van der Waals surface area contributed by atoms with Crippen molar-refractivity contribution in [3.8, 4) is 0 Å². The lowest BCUT2D eigenvalue weighted by atomic mass is 10.4. The quantitative estimate of drug-likeness (QED) is 0.779. The second-order valence-corrected chi connectivity index (χ2v) is 4.43. The van der Waals surface area contributed by atoms with Gasteiger partial charge in [0.05, 0.1) is 6.20 Å². The van der Waals surface area contributed by atoms with Gasteiger partial charge in [-0.05, 0) is 30.9 Å². The molecular formula is C10H12N4S. The molecule has 2 N–H and O–H groups in total. The van der Waals surface area contributed by atoms with Gasteiger partial charge < -0.3 is 5.32 Å². The Balaban J connectivity index is 1.88.